The Balaban J connectivity index is 1.63. The van der Waals surface area contributed by atoms with E-state index in [-0.39, 0.29) is 12.1 Å². The van der Waals surface area contributed by atoms with Crippen LogP contribution in [0.3, 0.4) is 0 Å². The van der Waals surface area contributed by atoms with Gasteiger partial charge in [0, 0.05) is 12.5 Å². The summed E-state index contributed by atoms with van der Waals surface area (Å²) in [6, 6.07) is 0.663. The Bertz CT molecular complexity index is 331. The van der Waals surface area contributed by atoms with Gasteiger partial charge in [-0.1, -0.05) is 6.42 Å². The number of carbonyl (C=O) groups excluding carboxylic acids is 1. The van der Waals surface area contributed by atoms with Crippen LogP contribution in [0.5, 0.6) is 0 Å². The van der Waals surface area contributed by atoms with E-state index in [9.17, 15) is 4.79 Å². The Kier molecular flexibility index (Phi) is 5.08. The van der Waals surface area contributed by atoms with Crippen LogP contribution in [-0.4, -0.2) is 48.3 Å². The second-order valence-electron chi connectivity index (χ2n) is 7.27. The molecule has 0 amide bonds. The minimum absolute atomic E-state index is 0.0729. The molecule has 4 heteroatoms. The first-order valence-electron chi connectivity index (χ1n) is 7.91. The van der Waals surface area contributed by atoms with Crippen LogP contribution in [0.4, 0.5) is 0 Å². The fraction of sp³-hybridized carbons (Fsp3) is 0.938. The molecule has 2 saturated heterocycles. The molecule has 3 atom stereocenters. The van der Waals surface area contributed by atoms with Gasteiger partial charge in [-0.15, -0.1) is 0 Å². The van der Waals surface area contributed by atoms with Crippen molar-refractivity contribution >= 4 is 5.97 Å². The van der Waals surface area contributed by atoms with Crippen molar-refractivity contribution in [2.75, 3.05) is 13.6 Å². The first kappa shape index (κ1) is 15.8. The highest BCUT2D eigenvalue weighted by atomic mass is 16.6. The van der Waals surface area contributed by atoms with E-state index >= 15 is 0 Å². The molecule has 0 N–H and O–H groups in total. The molecule has 0 aromatic heterocycles. The number of nitrogens with zero attached hydrogens (tertiary/aromatic N) is 1. The van der Waals surface area contributed by atoms with E-state index in [4.69, 9.17) is 9.47 Å². The third-order valence-electron chi connectivity index (χ3n) is 4.18. The topological polar surface area (TPSA) is 38.8 Å². The average molecular weight is 283 g/mol. The van der Waals surface area contributed by atoms with Gasteiger partial charge in [0.05, 0.1) is 18.6 Å². The number of carbonyl (C=O) groups is 1. The summed E-state index contributed by atoms with van der Waals surface area (Å²) in [5, 5.41) is 0. The molecule has 2 heterocycles. The Labute approximate surface area is 122 Å². The van der Waals surface area contributed by atoms with Crippen molar-refractivity contribution in [1.29, 1.82) is 0 Å². The molecule has 3 unspecified atom stereocenters. The number of likely N-dealkylation sites (tertiary alicyclic amines) is 1. The molecule has 0 bridgehead atoms. The lowest BCUT2D eigenvalue weighted by Gasteiger charge is -2.41. The van der Waals surface area contributed by atoms with Gasteiger partial charge >= 0.3 is 5.97 Å². The third-order valence-corrected chi connectivity index (χ3v) is 4.18. The summed E-state index contributed by atoms with van der Waals surface area (Å²) >= 11 is 0. The number of hydrogen-bond acceptors (Lipinski definition) is 4. The molecule has 0 saturated carbocycles. The van der Waals surface area contributed by atoms with Gasteiger partial charge in [0.25, 0.3) is 0 Å². The van der Waals surface area contributed by atoms with E-state index in [0.717, 1.165) is 12.8 Å². The van der Waals surface area contributed by atoms with Gasteiger partial charge in [0.15, 0.2) is 0 Å². The SMILES string of the molecule is CN1CCCCC1CC1CC(CC(=O)OC(C)(C)C)O1. The van der Waals surface area contributed by atoms with Crippen molar-refractivity contribution in [2.24, 2.45) is 0 Å². The van der Waals surface area contributed by atoms with Crippen LogP contribution in [0.1, 0.15) is 59.3 Å². The normalized spacial score (nSPS) is 31.7. The zero-order valence-electron chi connectivity index (χ0n) is 13.4. The molecule has 116 valence electrons. The fourth-order valence-corrected chi connectivity index (χ4v) is 3.15. The van der Waals surface area contributed by atoms with Crippen LogP contribution < -0.4 is 0 Å². The van der Waals surface area contributed by atoms with Crippen LogP contribution in [0.2, 0.25) is 0 Å². The average Bonchev–Trinajstić information content (AvgIpc) is 2.26. The van der Waals surface area contributed by atoms with Gasteiger partial charge in [-0.05, 0) is 53.6 Å². The second-order valence-corrected chi connectivity index (χ2v) is 7.27. The molecule has 2 rings (SSSR count). The number of hydrogen-bond donors (Lipinski definition) is 0. The molecule has 0 aliphatic carbocycles. The van der Waals surface area contributed by atoms with Crippen molar-refractivity contribution in [1.82, 2.24) is 4.90 Å². The lowest BCUT2D eigenvalue weighted by Crippen LogP contribution is -2.45. The lowest BCUT2D eigenvalue weighted by molar-refractivity contribution is -0.173. The summed E-state index contributed by atoms with van der Waals surface area (Å²) in [4.78, 5) is 14.2. The van der Waals surface area contributed by atoms with Crippen molar-refractivity contribution in [3.05, 3.63) is 0 Å². The van der Waals surface area contributed by atoms with Crippen LogP contribution in [0, 0.1) is 0 Å². The fourth-order valence-electron chi connectivity index (χ4n) is 3.15. The van der Waals surface area contributed by atoms with Gasteiger partial charge in [-0.25, -0.2) is 0 Å². The quantitative estimate of drug-likeness (QED) is 0.744. The Hall–Kier alpha value is -0.610. The summed E-state index contributed by atoms with van der Waals surface area (Å²) in [6.07, 6.45) is 6.87. The van der Waals surface area contributed by atoms with Crippen molar-refractivity contribution in [2.45, 2.75) is 83.1 Å². The highest BCUT2D eigenvalue weighted by molar-refractivity contribution is 5.70. The molecular formula is C16H29NO3. The maximum absolute atomic E-state index is 11.7. The largest absolute Gasteiger partial charge is 0.460 e. The van der Waals surface area contributed by atoms with Crippen molar-refractivity contribution < 1.29 is 14.3 Å². The predicted molar refractivity (Wildman–Crippen MR) is 78.6 cm³/mol. The van der Waals surface area contributed by atoms with Gasteiger partial charge in [0.1, 0.15) is 5.60 Å². The number of piperidine rings is 1. The Morgan fingerprint density at radius 1 is 1.30 bits per heavy atom. The number of ether oxygens (including phenoxy) is 2. The highest BCUT2D eigenvalue weighted by Gasteiger charge is 2.35. The zero-order chi connectivity index (χ0) is 14.8. The minimum atomic E-state index is -0.398. The third kappa shape index (κ3) is 4.74. The van der Waals surface area contributed by atoms with Crippen LogP contribution in [0.25, 0.3) is 0 Å². The maximum Gasteiger partial charge on any atom is 0.308 e. The summed E-state index contributed by atoms with van der Waals surface area (Å²) in [6.45, 7) is 6.90. The molecular weight excluding hydrogens is 254 g/mol. The molecule has 0 aromatic rings. The van der Waals surface area contributed by atoms with Crippen molar-refractivity contribution in [3.63, 3.8) is 0 Å². The van der Waals surface area contributed by atoms with E-state index in [2.05, 4.69) is 11.9 Å². The first-order chi connectivity index (χ1) is 9.33. The van der Waals surface area contributed by atoms with Crippen LogP contribution in [0.15, 0.2) is 0 Å². The summed E-state index contributed by atoms with van der Waals surface area (Å²) in [5.41, 5.74) is -0.398. The van der Waals surface area contributed by atoms with Crippen molar-refractivity contribution in [3.8, 4) is 0 Å². The molecule has 2 fully saturated rings. The van der Waals surface area contributed by atoms with Crippen LogP contribution >= 0.6 is 0 Å². The maximum atomic E-state index is 11.7. The molecule has 2 aliphatic heterocycles. The summed E-state index contributed by atoms with van der Waals surface area (Å²) < 4.78 is 11.2. The van der Waals surface area contributed by atoms with Gasteiger partial charge < -0.3 is 14.4 Å². The molecule has 4 nitrogen and oxygen atoms in total. The predicted octanol–water partition coefficient (Wildman–Crippen LogP) is 2.75. The van der Waals surface area contributed by atoms with Gasteiger partial charge in [-0.2, -0.15) is 0 Å². The van der Waals surface area contributed by atoms with E-state index in [1.807, 2.05) is 20.8 Å². The molecule has 0 aromatic carbocycles. The van der Waals surface area contributed by atoms with E-state index in [1.165, 1.54) is 25.8 Å². The van der Waals surface area contributed by atoms with Gasteiger partial charge in [0.2, 0.25) is 0 Å². The lowest BCUT2D eigenvalue weighted by atomic mass is 9.91. The number of rotatable bonds is 4. The molecule has 0 radical (unpaired) electrons. The number of esters is 1. The highest BCUT2D eigenvalue weighted by Crippen LogP contribution is 2.30. The van der Waals surface area contributed by atoms with Gasteiger partial charge in [-0.3, -0.25) is 4.79 Å². The zero-order valence-corrected chi connectivity index (χ0v) is 13.4. The van der Waals surface area contributed by atoms with E-state index in [1.54, 1.807) is 0 Å². The monoisotopic (exact) mass is 283 g/mol. The molecule has 2 aliphatic rings. The second kappa shape index (κ2) is 6.44. The Morgan fingerprint density at radius 2 is 2.00 bits per heavy atom. The smallest absolute Gasteiger partial charge is 0.308 e. The summed E-state index contributed by atoms with van der Waals surface area (Å²) in [7, 11) is 2.21. The van der Waals surface area contributed by atoms with E-state index in [0.29, 0.717) is 18.6 Å². The Morgan fingerprint density at radius 3 is 2.60 bits per heavy atom. The molecule has 0 spiro atoms. The van der Waals surface area contributed by atoms with E-state index < -0.39 is 5.60 Å². The minimum Gasteiger partial charge on any atom is -0.460 e. The summed E-state index contributed by atoms with van der Waals surface area (Å²) in [5.74, 6) is -0.143. The van der Waals surface area contributed by atoms with Crippen LogP contribution in [-0.2, 0) is 14.3 Å². The molecule has 20 heavy (non-hydrogen) atoms. The first-order valence-corrected chi connectivity index (χ1v) is 7.91. The standard InChI is InChI=1S/C16H29NO3/c1-16(2,3)20-15(18)11-14-10-13(19-14)9-12-7-5-6-8-17(12)4/h12-14H,5-11H2,1-4H3.